The Bertz CT molecular complexity index is 1130. The minimum atomic E-state index is -0.474. The van der Waals surface area contributed by atoms with Gasteiger partial charge in [0.2, 0.25) is 5.91 Å². The number of piperidine rings is 1. The molecule has 0 spiro atoms. The molecule has 0 bridgehead atoms. The molecule has 1 saturated heterocycles. The van der Waals surface area contributed by atoms with E-state index in [1.165, 1.54) is 10.2 Å². The van der Waals surface area contributed by atoms with Gasteiger partial charge in [0, 0.05) is 13.1 Å². The molecule has 1 aromatic heterocycles. The summed E-state index contributed by atoms with van der Waals surface area (Å²) in [6.45, 7) is 2.85. The second-order valence-corrected chi connectivity index (χ2v) is 9.01. The first kappa shape index (κ1) is 21.6. The standard InChI is InChI=1S/C26H30N4O3/c31-24(28-13-11-21(12-14-28)17-20-7-3-1-4-8-20)18-23-25-27-30(19-22-9-5-2-6-10-22)26(32)29(25)15-16-33-23/h1-10,21,23H,11-19H2. The van der Waals surface area contributed by atoms with Gasteiger partial charge in [0.05, 0.1) is 26.1 Å². The quantitative estimate of drug-likeness (QED) is 0.584. The fraction of sp³-hybridized carbons (Fsp3) is 0.423. The smallest absolute Gasteiger partial charge is 0.346 e. The Hall–Kier alpha value is -3.19. The number of carbonyl (C=O) groups is 1. The van der Waals surface area contributed by atoms with Gasteiger partial charge in [-0.3, -0.25) is 9.36 Å². The van der Waals surface area contributed by atoms with Crippen molar-refractivity contribution in [3.63, 3.8) is 0 Å². The number of nitrogens with zero attached hydrogens (tertiary/aromatic N) is 4. The summed E-state index contributed by atoms with van der Waals surface area (Å²) in [5.41, 5.74) is 2.24. The lowest BCUT2D eigenvalue weighted by molar-refractivity contribution is -0.136. The predicted octanol–water partition coefficient (Wildman–Crippen LogP) is 3.04. The molecule has 3 aromatic rings. The molecule has 0 radical (unpaired) electrons. The number of aromatic nitrogens is 3. The highest BCUT2D eigenvalue weighted by molar-refractivity contribution is 5.76. The van der Waals surface area contributed by atoms with Gasteiger partial charge in [-0.25, -0.2) is 9.48 Å². The maximum atomic E-state index is 13.0. The summed E-state index contributed by atoms with van der Waals surface area (Å²) in [6, 6.07) is 20.4. The topological polar surface area (TPSA) is 69.4 Å². The lowest BCUT2D eigenvalue weighted by Crippen LogP contribution is -2.40. The molecular formula is C26H30N4O3. The molecule has 0 N–H and O–H groups in total. The van der Waals surface area contributed by atoms with Crippen LogP contribution in [0.3, 0.4) is 0 Å². The SMILES string of the molecule is O=C(CC1OCCn2c1nn(Cc1ccccc1)c2=O)N1CCC(Cc2ccccc2)CC1. The van der Waals surface area contributed by atoms with Gasteiger partial charge in [-0.15, -0.1) is 0 Å². The van der Waals surface area contributed by atoms with Gasteiger partial charge in [0.15, 0.2) is 5.82 Å². The molecule has 5 rings (SSSR count). The van der Waals surface area contributed by atoms with E-state index in [1.54, 1.807) is 4.57 Å². The van der Waals surface area contributed by atoms with E-state index in [-0.39, 0.29) is 18.0 Å². The van der Waals surface area contributed by atoms with E-state index in [9.17, 15) is 9.59 Å². The van der Waals surface area contributed by atoms with Gasteiger partial charge >= 0.3 is 5.69 Å². The molecule has 0 aliphatic carbocycles. The first-order chi connectivity index (χ1) is 16.2. The minimum Gasteiger partial charge on any atom is -0.368 e. The summed E-state index contributed by atoms with van der Waals surface area (Å²) in [6.07, 6.45) is 2.86. The van der Waals surface area contributed by atoms with Crippen LogP contribution >= 0.6 is 0 Å². The molecule has 33 heavy (non-hydrogen) atoms. The molecule has 172 valence electrons. The number of rotatable bonds is 6. The maximum Gasteiger partial charge on any atom is 0.346 e. The van der Waals surface area contributed by atoms with E-state index in [4.69, 9.17) is 4.74 Å². The second-order valence-electron chi connectivity index (χ2n) is 9.01. The van der Waals surface area contributed by atoms with Gasteiger partial charge < -0.3 is 9.64 Å². The van der Waals surface area contributed by atoms with Crippen molar-refractivity contribution in [2.24, 2.45) is 5.92 Å². The lowest BCUT2D eigenvalue weighted by atomic mass is 9.90. The lowest BCUT2D eigenvalue weighted by Gasteiger charge is -2.33. The molecule has 1 unspecified atom stereocenters. The van der Waals surface area contributed by atoms with Crippen molar-refractivity contribution in [1.29, 1.82) is 0 Å². The van der Waals surface area contributed by atoms with Crippen molar-refractivity contribution in [3.8, 4) is 0 Å². The van der Waals surface area contributed by atoms with Gasteiger partial charge in [0.1, 0.15) is 6.10 Å². The third kappa shape index (κ3) is 4.93. The summed E-state index contributed by atoms with van der Waals surface area (Å²) >= 11 is 0. The number of ether oxygens (including phenoxy) is 1. The highest BCUT2D eigenvalue weighted by atomic mass is 16.5. The first-order valence-electron chi connectivity index (χ1n) is 11.8. The number of benzene rings is 2. The fourth-order valence-electron chi connectivity index (χ4n) is 4.90. The maximum absolute atomic E-state index is 13.0. The molecule has 2 aliphatic heterocycles. The molecular weight excluding hydrogens is 416 g/mol. The van der Waals surface area contributed by atoms with Gasteiger partial charge in [0.25, 0.3) is 0 Å². The van der Waals surface area contributed by atoms with Gasteiger partial charge in [-0.05, 0) is 36.3 Å². The Morgan fingerprint density at radius 1 is 0.939 bits per heavy atom. The van der Waals surface area contributed by atoms with Crippen molar-refractivity contribution in [2.45, 2.75) is 44.9 Å². The highest BCUT2D eigenvalue weighted by Gasteiger charge is 2.31. The summed E-state index contributed by atoms with van der Waals surface area (Å²) in [7, 11) is 0. The first-order valence-corrected chi connectivity index (χ1v) is 11.8. The minimum absolute atomic E-state index is 0.0802. The fourth-order valence-corrected chi connectivity index (χ4v) is 4.90. The largest absolute Gasteiger partial charge is 0.368 e. The van der Waals surface area contributed by atoms with Crippen molar-refractivity contribution in [2.75, 3.05) is 19.7 Å². The van der Waals surface area contributed by atoms with Crippen molar-refractivity contribution >= 4 is 5.91 Å². The Balaban J connectivity index is 1.21. The number of hydrogen-bond acceptors (Lipinski definition) is 4. The van der Waals surface area contributed by atoms with Crippen LogP contribution in [0.4, 0.5) is 0 Å². The summed E-state index contributed by atoms with van der Waals surface area (Å²) in [5.74, 6) is 1.26. The van der Waals surface area contributed by atoms with E-state index in [0.717, 1.165) is 37.9 Å². The van der Waals surface area contributed by atoms with Crippen LogP contribution in [-0.2, 0) is 29.0 Å². The van der Waals surface area contributed by atoms with Crippen LogP contribution in [0.15, 0.2) is 65.5 Å². The van der Waals surface area contributed by atoms with Crippen LogP contribution < -0.4 is 5.69 Å². The molecule has 3 heterocycles. The molecule has 1 fully saturated rings. The molecule has 7 nitrogen and oxygen atoms in total. The Morgan fingerprint density at radius 3 is 2.30 bits per heavy atom. The third-order valence-corrected chi connectivity index (χ3v) is 6.74. The number of carbonyl (C=O) groups excluding carboxylic acids is 1. The van der Waals surface area contributed by atoms with E-state index in [1.807, 2.05) is 41.3 Å². The van der Waals surface area contributed by atoms with Crippen LogP contribution in [0, 0.1) is 5.92 Å². The zero-order valence-electron chi connectivity index (χ0n) is 18.8. The summed E-state index contributed by atoms with van der Waals surface area (Å²) < 4.78 is 9.04. The average molecular weight is 447 g/mol. The zero-order valence-corrected chi connectivity index (χ0v) is 18.8. The van der Waals surface area contributed by atoms with Crippen LogP contribution in [0.2, 0.25) is 0 Å². The van der Waals surface area contributed by atoms with Gasteiger partial charge in [-0.1, -0.05) is 60.7 Å². The number of fused-ring (bicyclic) bond motifs is 1. The highest BCUT2D eigenvalue weighted by Crippen LogP contribution is 2.26. The molecule has 1 amide bonds. The van der Waals surface area contributed by atoms with E-state index < -0.39 is 6.10 Å². The zero-order chi connectivity index (χ0) is 22.6. The number of likely N-dealkylation sites (tertiary alicyclic amines) is 1. The second kappa shape index (κ2) is 9.75. The van der Waals surface area contributed by atoms with Gasteiger partial charge in [-0.2, -0.15) is 5.10 Å². The molecule has 1 atom stereocenters. The average Bonchev–Trinajstić information content (AvgIpc) is 3.17. The van der Waals surface area contributed by atoms with Crippen molar-refractivity contribution < 1.29 is 9.53 Å². The Morgan fingerprint density at radius 2 is 1.61 bits per heavy atom. The number of amides is 1. The Labute approximate surface area is 193 Å². The Kier molecular flexibility index (Phi) is 6.39. The predicted molar refractivity (Wildman–Crippen MR) is 125 cm³/mol. The van der Waals surface area contributed by atoms with E-state index >= 15 is 0 Å². The van der Waals surface area contributed by atoms with Crippen molar-refractivity contribution in [1.82, 2.24) is 19.2 Å². The third-order valence-electron chi connectivity index (χ3n) is 6.74. The van der Waals surface area contributed by atoms with Crippen LogP contribution in [0.5, 0.6) is 0 Å². The van der Waals surface area contributed by atoms with Crippen molar-refractivity contribution in [3.05, 3.63) is 88.1 Å². The molecule has 2 aromatic carbocycles. The van der Waals surface area contributed by atoms with Crippen LogP contribution in [-0.4, -0.2) is 44.9 Å². The molecule has 0 saturated carbocycles. The summed E-state index contributed by atoms with van der Waals surface area (Å²) in [4.78, 5) is 27.8. The normalized spacial score (nSPS) is 18.8. The monoisotopic (exact) mass is 446 g/mol. The summed E-state index contributed by atoms with van der Waals surface area (Å²) in [5, 5.41) is 4.56. The molecule has 2 aliphatic rings. The molecule has 7 heteroatoms. The van der Waals surface area contributed by atoms with E-state index in [2.05, 4.69) is 29.4 Å². The van der Waals surface area contributed by atoms with E-state index in [0.29, 0.717) is 31.4 Å². The number of hydrogen-bond donors (Lipinski definition) is 0. The van der Waals surface area contributed by atoms with Crippen LogP contribution in [0.1, 0.15) is 42.3 Å². The van der Waals surface area contributed by atoms with Crippen LogP contribution in [0.25, 0.3) is 0 Å².